The van der Waals surface area contributed by atoms with Crippen LogP contribution in [0.3, 0.4) is 0 Å². The maximum Gasteiger partial charge on any atom is 0.132 e. The molecule has 0 aliphatic rings. The molecule has 0 N–H and O–H groups in total. The first-order valence-corrected chi connectivity index (χ1v) is 5.20. The minimum absolute atomic E-state index is 0.677. The highest BCUT2D eigenvalue weighted by molar-refractivity contribution is 7.99. The number of methoxy groups -OCH3 is 1. The molecule has 3 heteroatoms. The van der Waals surface area contributed by atoms with Gasteiger partial charge in [-0.2, -0.15) is 0 Å². The molecule has 0 saturated heterocycles. The van der Waals surface area contributed by atoms with Crippen LogP contribution >= 0.6 is 11.8 Å². The molecule has 0 heterocycles. The summed E-state index contributed by atoms with van der Waals surface area (Å²) in [7, 11) is 1.68. The molecule has 0 saturated carbocycles. The molecule has 1 aromatic rings. The van der Waals surface area contributed by atoms with Crippen LogP contribution < -0.4 is 4.74 Å². The molecular formula is C10H14O2S. The van der Waals surface area contributed by atoms with Crippen LogP contribution in [0.1, 0.15) is 6.92 Å². The highest BCUT2D eigenvalue weighted by Crippen LogP contribution is 2.28. The Bertz CT molecular complexity index is 250. The number of benzene rings is 1. The normalized spacial score (nSPS) is 10.0. The van der Waals surface area contributed by atoms with Gasteiger partial charge in [0.05, 0.1) is 17.9 Å². The lowest BCUT2D eigenvalue weighted by atomic mass is 10.3. The molecular weight excluding hydrogens is 184 g/mol. The van der Waals surface area contributed by atoms with E-state index in [1.54, 1.807) is 18.9 Å². The standard InChI is InChI=1S/C10H14O2S/c1-3-12-8-13-10-7-5-4-6-9(10)11-2/h4-7H,3,8H2,1-2H3. The van der Waals surface area contributed by atoms with Gasteiger partial charge in [-0.1, -0.05) is 23.9 Å². The molecule has 2 nitrogen and oxygen atoms in total. The fraction of sp³-hybridized carbons (Fsp3) is 0.400. The number of thioether (sulfide) groups is 1. The molecule has 0 bridgehead atoms. The lowest BCUT2D eigenvalue weighted by molar-refractivity contribution is 0.199. The zero-order valence-electron chi connectivity index (χ0n) is 7.95. The zero-order valence-corrected chi connectivity index (χ0v) is 8.76. The van der Waals surface area contributed by atoms with Gasteiger partial charge in [0.15, 0.2) is 0 Å². The van der Waals surface area contributed by atoms with E-state index in [2.05, 4.69) is 0 Å². The van der Waals surface area contributed by atoms with Crippen LogP contribution in [-0.4, -0.2) is 19.7 Å². The van der Waals surface area contributed by atoms with Crippen molar-refractivity contribution in [2.75, 3.05) is 19.7 Å². The number of hydrogen-bond donors (Lipinski definition) is 0. The first-order valence-electron chi connectivity index (χ1n) is 4.22. The summed E-state index contributed by atoms with van der Waals surface area (Å²) in [6.07, 6.45) is 0. The molecule has 0 aliphatic carbocycles. The SMILES string of the molecule is CCOCSc1ccccc1OC. The molecule has 0 radical (unpaired) electrons. The van der Waals surface area contributed by atoms with Crippen molar-refractivity contribution in [3.63, 3.8) is 0 Å². The van der Waals surface area contributed by atoms with E-state index >= 15 is 0 Å². The Morgan fingerprint density at radius 3 is 2.77 bits per heavy atom. The Labute approximate surface area is 83.2 Å². The molecule has 0 amide bonds. The first-order chi connectivity index (χ1) is 6.38. The number of rotatable bonds is 5. The molecule has 0 aliphatic heterocycles. The highest BCUT2D eigenvalue weighted by atomic mass is 32.2. The van der Waals surface area contributed by atoms with Gasteiger partial charge in [-0.3, -0.25) is 0 Å². The Balaban J connectivity index is 2.54. The third-order valence-electron chi connectivity index (χ3n) is 1.57. The van der Waals surface area contributed by atoms with Crippen molar-refractivity contribution >= 4 is 11.8 Å². The molecule has 1 rings (SSSR count). The Morgan fingerprint density at radius 2 is 2.08 bits per heavy atom. The van der Waals surface area contributed by atoms with Crippen molar-refractivity contribution in [2.24, 2.45) is 0 Å². The second-order valence-electron chi connectivity index (χ2n) is 2.41. The van der Waals surface area contributed by atoms with Crippen LogP contribution in [0.5, 0.6) is 5.75 Å². The van der Waals surface area contributed by atoms with Gasteiger partial charge >= 0.3 is 0 Å². The minimum atomic E-state index is 0.677. The summed E-state index contributed by atoms with van der Waals surface area (Å²) >= 11 is 1.65. The summed E-state index contributed by atoms with van der Waals surface area (Å²) in [4.78, 5) is 1.12. The van der Waals surface area contributed by atoms with Gasteiger partial charge < -0.3 is 9.47 Å². The van der Waals surface area contributed by atoms with Gasteiger partial charge in [-0.05, 0) is 19.1 Å². The summed E-state index contributed by atoms with van der Waals surface area (Å²) in [6.45, 7) is 2.74. The lowest BCUT2D eigenvalue weighted by Crippen LogP contribution is -1.90. The molecule has 0 unspecified atom stereocenters. The highest BCUT2D eigenvalue weighted by Gasteiger charge is 2.00. The van der Waals surface area contributed by atoms with E-state index in [4.69, 9.17) is 9.47 Å². The second kappa shape index (κ2) is 5.89. The minimum Gasteiger partial charge on any atom is -0.496 e. The van der Waals surface area contributed by atoms with Gasteiger partial charge in [-0.25, -0.2) is 0 Å². The molecule has 0 spiro atoms. The number of para-hydroxylation sites is 1. The van der Waals surface area contributed by atoms with Crippen LogP contribution in [0, 0.1) is 0 Å². The average Bonchev–Trinajstić information content (AvgIpc) is 2.19. The molecule has 13 heavy (non-hydrogen) atoms. The average molecular weight is 198 g/mol. The van der Waals surface area contributed by atoms with Gasteiger partial charge in [0.1, 0.15) is 5.75 Å². The van der Waals surface area contributed by atoms with E-state index in [0.717, 1.165) is 17.3 Å². The molecule has 1 aromatic carbocycles. The van der Waals surface area contributed by atoms with Crippen LogP contribution in [-0.2, 0) is 4.74 Å². The summed E-state index contributed by atoms with van der Waals surface area (Å²) < 4.78 is 10.4. The Morgan fingerprint density at radius 1 is 1.31 bits per heavy atom. The number of hydrogen-bond acceptors (Lipinski definition) is 3. The van der Waals surface area contributed by atoms with E-state index in [1.807, 2.05) is 31.2 Å². The quantitative estimate of drug-likeness (QED) is 0.412. The fourth-order valence-electron chi connectivity index (χ4n) is 0.927. The maximum absolute atomic E-state index is 5.24. The molecule has 72 valence electrons. The Hall–Kier alpha value is -0.670. The van der Waals surface area contributed by atoms with Crippen molar-refractivity contribution in [3.8, 4) is 5.75 Å². The smallest absolute Gasteiger partial charge is 0.132 e. The van der Waals surface area contributed by atoms with Crippen molar-refractivity contribution < 1.29 is 9.47 Å². The van der Waals surface area contributed by atoms with Crippen molar-refractivity contribution in [1.29, 1.82) is 0 Å². The van der Waals surface area contributed by atoms with E-state index in [-0.39, 0.29) is 0 Å². The van der Waals surface area contributed by atoms with Gasteiger partial charge in [-0.15, -0.1) is 0 Å². The molecule has 0 aromatic heterocycles. The summed E-state index contributed by atoms with van der Waals surface area (Å²) in [5.74, 6) is 1.59. The third kappa shape index (κ3) is 3.28. The zero-order chi connectivity index (χ0) is 9.52. The van der Waals surface area contributed by atoms with Crippen LogP contribution in [0.15, 0.2) is 29.2 Å². The number of ether oxygens (including phenoxy) is 2. The summed E-state index contributed by atoms with van der Waals surface area (Å²) in [5, 5.41) is 0. The molecule has 0 atom stereocenters. The predicted octanol–water partition coefficient (Wildman–Crippen LogP) is 2.78. The van der Waals surface area contributed by atoms with E-state index in [0.29, 0.717) is 5.94 Å². The molecule has 0 fully saturated rings. The van der Waals surface area contributed by atoms with E-state index in [1.165, 1.54) is 0 Å². The topological polar surface area (TPSA) is 18.5 Å². The van der Waals surface area contributed by atoms with E-state index in [9.17, 15) is 0 Å². The lowest BCUT2D eigenvalue weighted by Gasteiger charge is -2.06. The van der Waals surface area contributed by atoms with Crippen molar-refractivity contribution in [3.05, 3.63) is 24.3 Å². The monoisotopic (exact) mass is 198 g/mol. The largest absolute Gasteiger partial charge is 0.496 e. The van der Waals surface area contributed by atoms with Gasteiger partial charge in [0, 0.05) is 6.61 Å². The fourth-order valence-corrected chi connectivity index (χ4v) is 1.77. The van der Waals surface area contributed by atoms with Crippen molar-refractivity contribution in [2.45, 2.75) is 11.8 Å². The van der Waals surface area contributed by atoms with Crippen LogP contribution in [0.25, 0.3) is 0 Å². The van der Waals surface area contributed by atoms with Crippen molar-refractivity contribution in [1.82, 2.24) is 0 Å². The van der Waals surface area contributed by atoms with E-state index < -0.39 is 0 Å². The summed E-state index contributed by atoms with van der Waals surface area (Å²) in [5.41, 5.74) is 0. The third-order valence-corrected chi connectivity index (χ3v) is 2.50. The predicted molar refractivity (Wildman–Crippen MR) is 55.3 cm³/mol. The maximum atomic E-state index is 5.24. The first kappa shape index (κ1) is 10.4. The Kier molecular flexibility index (Phi) is 4.72. The second-order valence-corrected chi connectivity index (χ2v) is 3.37. The van der Waals surface area contributed by atoms with Gasteiger partial charge in [0.2, 0.25) is 0 Å². The van der Waals surface area contributed by atoms with Crippen LogP contribution in [0.4, 0.5) is 0 Å². The summed E-state index contributed by atoms with van der Waals surface area (Å²) in [6, 6.07) is 7.94. The van der Waals surface area contributed by atoms with Crippen LogP contribution in [0.2, 0.25) is 0 Å². The van der Waals surface area contributed by atoms with Gasteiger partial charge in [0.25, 0.3) is 0 Å².